The summed E-state index contributed by atoms with van der Waals surface area (Å²) in [5.41, 5.74) is 0.955. The molecule has 0 N–H and O–H groups in total. The number of hydrogen-bond acceptors (Lipinski definition) is 2. The summed E-state index contributed by atoms with van der Waals surface area (Å²) >= 11 is 0. The van der Waals surface area contributed by atoms with Gasteiger partial charge in [-0.25, -0.2) is 4.39 Å². The van der Waals surface area contributed by atoms with Gasteiger partial charge in [-0.2, -0.15) is 0 Å². The van der Waals surface area contributed by atoms with Gasteiger partial charge in [0.05, 0.1) is 0 Å². The summed E-state index contributed by atoms with van der Waals surface area (Å²) < 4.78 is 13.7. The second kappa shape index (κ2) is 10.9. The van der Waals surface area contributed by atoms with Crippen LogP contribution >= 0.6 is 0 Å². The maximum absolute atomic E-state index is 13.9. The van der Waals surface area contributed by atoms with E-state index in [-0.39, 0.29) is 28.6 Å². The molecule has 1 saturated heterocycles. The summed E-state index contributed by atoms with van der Waals surface area (Å²) in [6, 6.07) is 6.79. The number of benzene rings is 1. The highest BCUT2D eigenvalue weighted by molar-refractivity contribution is 5.94. The maximum atomic E-state index is 13.9. The third-order valence-electron chi connectivity index (χ3n) is 11.7. The number of unbranched alkanes of at least 4 members (excludes halogenated alkanes) is 4. The van der Waals surface area contributed by atoms with Gasteiger partial charge >= 0.3 is 0 Å². The van der Waals surface area contributed by atoms with Crippen molar-refractivity contribution in [1.29, 1.82) is 0 Å². The molecule has 1 aromatic carbocycles. The van der Waals surface area contributed by atoms with E-state index in [4.69, 9.17) is 0 Å². The molecule has 1 heterocycles. The molecule has 4 aliphatic rings. The van der Waals surface area contributed by atoms with E-state index in [0.717, 1.165) is 45.1 Å². The van der Waals surface area contributed by atoms with Gasteiger partial charge in [0, 0.05) is 37.7 Å². The van der Waals surface area contributed by atoms with Gasteiger partial charge in [0.25, 0.3) is 5.91 Å². The smallest absolute Gasteiger partial charge is 0.254 e. The molecule has 0 unspecified atom stereocenters. The second-order valence-electron chi connectivity index (χ2n) is 13.5. The van der Waals surface area contributed by atoms with Crippen molar-refractivity contribution in [1.82, 2.24) is 9.80 Å². The molecular formula is C33H49FN2O2. The molecule has 0 radical (unpaired) electrons. The van der Waals surface area contributed by atoms with Crippen LogP contribution in [0.1, 0.15) is 115 Å². The van der Waals surface area contributed by atoms with Crippen LogP contribution in [0.2, 0.25) is 0 Å². The first-order valence-electron chi connectivity index (χ1n) is 15.5. The molecule has 1 aromatic rings. The molecule has 4 nitrogen and oxygen atoms in total. The van der Waals surface area contributed by atoms with Crippen molar-refractivity contribution in [3.05, 3.63) is 35.6 Å². The molecule has 3 aliphatic carbocycles. The number of piperidine rings is 1. The number of nitrogens with zero attached hydrogens (tertiary/aromatic N) is 2. The van der Waals surface area contributed by atoms with Crippen molar-refractivity contribution in [3.63, 3.8) is 0 Å². The van der Waals surface area contributed by atoms with Crippen LogP contribution in [0.3, 0.4) is 0 Å². The number of likely N-dealkylation sites (tertiary alicyclic amines) is 1. The summed E-state index contributed by atoms with van der Waals surface area (Å²) in [5, 5.41) is 0. The Bertz CT molecular complexity index is 1010. The molecule has 38 heavy (non-hydrogen) atoms. The average Bonchev–Trinajstić information content (AvgIpc) is 3.26. The third-order valence-corrected chi connectivity index (χ3v) is 11.7. The fraction of sp³-hybridized carbons (Fsp3) is 0.758. The van der Waals surface area contributed by atoms with Crippen molar-refractivity contribution in [3.8, 4) is 0 Å². The summed E-state index contributed by atoms with van der Waals surface area (Å²) in [4.78, 5) is 30.7. The molecule has 5 rings (SSSR count). The minimum atomic E-state index is -0.293. The summed E-state index contributed by atoms with van der Waals surface area (Å²) in [5.74, 6) is 2.10. The Morgan fingerprint density at radius 1 is 0.947 bits per heavy atom. The Hall–Kier alpha value is -1.91. The first kappa shape index (κ1) is 27.6. The summed E-state index contributed by atoms with van der Waals surface area (Å²) in [6.45, 7) is 8.00. The van der Waals surface area contributed by atoms with Gasteiger partial charge in [0.15, 0.2) is 0 Å². The number of amides is 2. The van der Waals surface area contributed by atoms with E-state index in [1.807, 2.05) is 7.05 Å². The van der Waals surface area contributed by atoms with E-state index < -0.39 is 0 Å². The van der Waals surface area contributed by atoms with Crippen LogP contribution in [0.4, 0.5) is 4.39 Å². The summed E-state index contributed by atoms with van der Waals surface area (Å²) in [7, 11) is 2.03. The lowest BCUT2D eigenvalue weighted by Crippen LogP contribution is -2.62. The lowest BCUT2D eigenvalue weighted by molar-refractivity contribution is -0.158. The molecule has 5 heteroatoms. The molecule has 7 atom stereocenters. The molecule has 3 saturated carbocycles. The second-order valence-corrected chi connectivity index (χ2v) is 13.5. The van der Waals surface area contributed by atoms with E-state index in [1.165, 1.54) is 50.7 Å². The molecule has 210 valence electrons. The zero-order valence-corrected chi connectivity index (χ0v) is 24.2. The SMILES string of the molecule is CCCCCCCN(C(=O)c1ccc(F)cc1)[C@H]1CC[C@H]2[C@@H]3CC[C@H]4N(C)C(=O)CC[C@]4(C)[C@H]3CC[C@]12C. The predicted octanol–water partition coefficient (Wildman–Crippen LogP) is 7.47. The van der Waals surface area contributed by atoms with Crippen molar-refractivity contribution in [2.75, 3.05) is 13.6 Å². The largest absolute Gasteiger partial charge is 0.342 e. The maximum Gasteiger partial charge on any atom is 0.254 e. The Labute approximate surface area is 229 Å². The van der Waals surface area contributed by atoms with Crippen molar-refractivity contribution in [2.45, 2.75) is 116 Å². The Morgan fingerprint density at radius 2 is 1.66 bits per heavy atom. The third kappa shape index (κ3) is 4.70. The molecule has 0 aromatic heterocycles. The van der Waals surface area contributed by atoms with Crippen LogP contribution in [-0.2, 0) is 4.79 Å². The minimum Gasteiger partial charge on any atom is -0.342 e. The van der Waals surface area contributed by atoms with E-state index >= 15 is 0 Å². The number of hydrogen-bond donors (Lipinski definition) is 0. The Balaban J connectivity index is 1.37. The standard InChI is InChI=1S/C33H49FN2O2/c1-5-6-7-8-9-22-36(31(38)23-10-12-24(34)13-11-23)29-17-15-26-25-14-16-28-32(2,21-19-30(37)35(28)4)27(25)18-20-33(26,29)3/h10-13,25-29H,5-9,14-22H2,1-4H3/t25-,26-,27-,28+,29-,32+,33-/m0/s1. The van der Waals surface area contributed by atoms with E-state index in [0.29, 0.717) is 41.7 Å². The van der Waals surface area contributed by atoms with E-state index in [9.17, 15) is 14.0 Å². The van der Waals surface area contributed by atoms with Gasteiger partial charge in [0.2, 0.25) is 5.91 Å². The van der Waals surface area contributed by atoms with Crippen LogP contribution in [-0.4, -0.2) is 47.3 Å². The van der Waals surface area contributed by atoms with Crippen LogP contribution in [0, 0.1) is 34.4 Å². The molecule has 0 bridgehead atoms. The number of fused-ring (bicyclic) bond motifs is 5. The zero-order chi connectivity index (χ0) is 27.1. The van der Waals surface area contributed by atoms with Gasteiger partial charge in [0.1, 0.15) is 5.82 Å². The van der Waals surface area contributed by atoms with Gasteiger partial charge in [-0.1, -0.05) is 46.5 Å². The van der Waals surface area contributed by atoms with Crippen LogP contribution in [0.5, 0.6) is 0 Å². The Kier molecular flexibility index (Phi) is 7.95. The molecule has 4 fully saturated rings. The normalized spacial score (nSPS) is 36.4. The molecule has 1 aliphatic heterocycles. The predicted molar refractivity (Wildman–Crippen MR) is 150 cm³/mol. The molecular weight excluding hydrogens is 475 g/mol. The van der Waals surface area contributed by atoms with Crippen molar-refractivity contribution in [2.24, 2.45) is 28.6 Å². The summed E-state index contributed by atoms with van der Waals surface area (Å²) in [6.07, 6.45) is 14.6. The lowest BCUT2D eigenvalue weighted by atomic mass is 9.47. The van der Waals surface area contributed by atoms with Gasteiger partial charge in [-0.15, -0.1) is 0 Å². The highest BCUT2D eigenvalue weighted by Gasteiger charge is 2.62. The van der Waals surface area contributed by atoms with Crippen LogP contribution < -0.4 is 0 Å². The number of carbonyl (C=O) groups is 2. The first-order chi connectivity index (χ1) is 18.2. The van der Waals surface area contributed by atoms with Gasteiger partial charge < -0.3 is 9.80 Å². The van der Waals surface area contributed by atoms with Crippen LogP contribution in [0.25, 0.3) is 0 Å². The highest BCUT2D eigenvalue weighted by atomic mass is 19.1. The van der Waals surface area contributed by atoms with E-state index in [2.05, 4.69) is 30.6 Å². The molecule has 0 spiro atoms. The number of rotatable bonds is 8. The zero-order valence-electron chi connectivity index (χ0n) is 24.2. The quantitative estimate of drug-likeness (QED) is 0.331. The average molecular weight is 525 g/mol. The van der Waals surface area contributed by atoms with Gasteiger partial charge in [-0.3, -0.25) is 9.59 Å². The minimum absolute atomic E-state index is 0.0811. The Morgan fingerprint density at radius 3 is 2.39 bits per heavy atom. The number of carbonyl (C=O) groups excluding carboxylic acids is 2. The topological polar surface area (TPSA) is 40.6 Å². The van der Waals surface area contributed by atoms with Crippen molar-refractivity contribution >= 4 is 11.8 Å². The van der Waals surface area contributed by atoms with Crippen LogP contribution in [0.15, 0.2) is 24.3 Å². The highest BCUT2D eigenvalue weighted by Crippen LogP contribution is 2.65. The fourth-order valence-corrected chi connectivity index (χ4v) is 9.68. The van der Waals surface area contributed by atoms with Crippen molar-refractivity contribution < 1.29 is 14.0 Å². The monoisotopic (exact) mass is 524 g/mol. The first-order valence-corrected chi connectivity index (χ1v) is 15.5. The van der Waals surface area contributed by atoms with E-state index in [1.54, 1.807) is 12.1 Å². The lowest BCUT2D eigenvalue weighted by Gasteiger charge is -2.62. The number of halogens is 1. The van der Waals surface area contributed by atoms with Gasteiger partial charge in [-0.05, 0) is 104 Å². The fourth-order valence-electron chi connectivity index (χ4n) is 9.68. The molecule has 2 amide bonds.